The number of hydrogen-bond donors (Lipinski definition) is 1. The molecule has 0 amide bonds. The maximum Gasteiger partial charge on any atom is 0.138 e. The lowest BCUT2D eigenvalue weighted by atomic mass is 9.83. The summed E-state index contributed by atoms with van der Waals surface area (Å²) < 4.78 is 2.36. The van der Waals surface area contributed by atoms with Gasteiger partial charge in [0.25, 0.3) is 0 Å². The summed E-state index contributed by atoms with van der Waals surface area (Å²) in [5, 5.41) is 8.54. The highest BCUT2D eigenvalue weighted by Crippen LogP contribution is 2.41. The van der Waals surface area contributed by atoms with Gasteiger partial charge in [0.1, 0.15) is 5.65 Å². The number of nitrogens with zero attached hydrogens (tertiary/aromatic N) is 3. The van der Waals surface area contributed by atoms with Gasteiger partial charge in [-0.05, 0) is 99.8 Å². The molecule has 234 valence electrons. The fourth-order valence-corrected chi connectivity index (χ4v) is 8.11. The van der Waals surface area contributed by atoms with Gasteiger partial charge in [0.15, 0.2) is 0 Å². The van der Waals surface area contributed by atoms with E-state index in [4.69, 9.17) is 9.97 Å². The first kappa shape index (κ1) is 27.9. The molecule has 0 unspecified atom stereocenters. The van der Waals surface area contributed by atoms with Crippen LogP contribution in [0, 0.1) is 0 Å². The minimum atomic E-state index is -0.0342. The van der Waals surface area contributed by atoms with Gasteiger partial charge < -0.3 is 4.98 Å². The fraction of sp³-hybridized carbons (Fsp3) is 0.227. The van der Waals surface area contributed by atoms with Crippen molar-refractivity contribution in [3.05, 3.63) is 113 Å². The molecule has 4 aromatic carbocycles. The summed E-state index contributed by atoms with van der Waals surface area (Å²) in [4.78, 5) is 15.0. The van der Waals surface area contributed by atoms with Crippen molar-refractivity contribution < 1.29 is 0 Å². The summed E-state index contributed by atoms with van der Waals surface area (Å²) in [7, 11) is 0. The first-order valence-corrected chi connectivity index (χ1v) is 17.2. The van der Waals surface area contributed by atoms with E-state index in [9.17, 15) is 0 Å². The monoisotopic (exact) mass is 622 g/mol. The Kier molecular flexibility index (Phi) is 5.35. The molecule has 5 heterocycles. The molecule has 0 aliphatic heterocycles. The average molecular weight is 623 g/mol. The standard InChI is InChI=1S/C44H38N4/c1-43(2,3)27-20-31-26-13-16-30-29-9-7-8-10-36(29)48(37(30)19-26)38-18-15-25-12-11-24-14-17-35(45-39(24)40(25)46-38)34-23-28(44(4,5)6)22-33-32(21-27)41(31)47-42(33)34/h7-10,13-23,47H,11-12H2,1-6H3. The summed E-state index contributed by atoms with van der Waals surface area (Å²) in [6.07, 6.45) is 1.94. The molecule has 9 aromatic rings. The second kappa shape index (κ2) is 9.23. The van der Waals surface area contributed by atoms with Gasteiger partial charge in [-0.2, -0.15) is 0 Å². The highest BCUT2D eigenvalue weighted by molar-refractivity contribution is 6.22. The first-order valence-electron chi connectivity index (χ1n) is 17.2. The van der Waals surface area contributed by atoms with Crippen molar-refractivity contribution >= 4 is 82.0 Å². The summed E-state index contributed by atoms with van der Waals surface area (Å²) in [6, 6.07) is 34.3. The topological polar surface area (TPSA) is 46.0 Å². The zero-order valence-corrected chi connectivity index (χ0v) is 28.4. The van der Waals surface area contributed by atoms with Crippen LogP contribution in [0.25, 0.3) is 82.0 Å². The van der Waals surface area contributed by atoms with Crippen LogP contribution in [0.5, 0.6) is 0 Å². The number of benzene rings is 4. The van der Waals surface area contributed by atoms with Gasteiger partial charge in [-0.1, -0.05) is 84.0 Å². The van der Waals surface area contributed by atoms with Crippen molar-refractivity contribution in [2.24, 2.45) is 0 Å². The number of nitrogens with one attached hydrogen (secondary N) is 1. The SMILES string of the molecule is CC(C)(C)c1cc2c3ccc4c5ccccc5n(c5ccc6c(n5)c5nc(ccc5CC6)c5cc(C(C)(C)C)cc6c(c1)c2[nH]c56)c4c3. The van der Waals surface area contributed by atoms with Crippen molar-refractivity contribution in [2.45, 2.75) is 65.2 Å². The summed E-state index contributed by atoms with van der Waals surface area (Å²) >= 11 is 0. The van der Waals surface area contributed by atoms with Crippen LogP contribution in [0.1, 0.15) is 63.8 Å². The molecule has 5 aromatic heterocycles. The van der Waals surface area contributed by atoms with Crippen LogP contribution in [0.2, 0.25) is 0 Å². The van der Waals surface area contributed by atoms with E-state index in [0.29, 0.717) is 0 Å². The molecule has 0 saturated heterocycles. The third-order valence-electron chi connectivity index (χ3n) is 10.9. The Morgan fingerprint density at radius 1 is 0.542 bits per heavy atom. The van der Waals surface area contributed by atoms with E-state index in [-0.39, 0.29) is 10.8 Å². The molecule has 10 rings (SSSR count). The molecule has 48 heavy (non-hydrogen) atoms. The quantitative estimate of drug-likeness (QED) is 0.183. The Balaban J connectivity index is 1.56. The highest BCUT2D eigenvalue weighted by atomic mass is 15.0. The van der Waals surface area contributed by atoms with E-state index in [1.165, 1.54) is 60.1 Å². The average Bonchev–Trinajstić information content (AvgIpc) is 3.61. The van der Waals surface area contributed by atoms with Crippen LogP contribution >= 0.6 is 0 Å². The second-order valence-corrected chi connectivity index (χ2v) is 16.0. The normalized spacial score (nSPS) is 13.9. The fourth-order valence-electron chi connectivity index (χ4n) is 8.11. The van der Waals surface area contributed by atoms with E-state index in [1.807, 2.05) is 0 Å². The number of aromatic amines is 1. The number of rotatable bonds is 0. The van der Waals surface area contributed by atoms with E-state index in [1.54, 1.807) is 0 Å². The maximum absolute atomic E-state index is 5.50. The smallest absolute Gasteiger partial charge is 0.138 e. The Morgan fingerprint density at radius 3 is 1.88 bits per heavy atom. The zero-order chi connectivity index (χ0) is 32.7. The number of hydrogen-bond acceptors (Lipinski definition) is 2. The molecule has 8 bridgehead atoms. The van der Waals surface area contributed by atoms with Gasteiger partial charge in [0.2, 0.25) is 0 Å². The molecular formula is C44H38N4. The lowest BCUT2D eigenvalue weighted by Gasteiger charge is -2.21. The number of aryl methyl sites for hydroxylation is 2. The molecule has 0 atom stereocenters. The van der Waals surface area contributed by atoms with E-state index >= 15 is 0 Å². The van der Waals surface area contributed by atoms with E-state index in [2.05, 4.69) is 142 Å². The molecule has 0 fully saturated rings. The highest BCUT2D eigenvalue weighted by Gasteiger charge is 2.23. The van der Waals surface area contributed by atoms with Crippen molar-refractivity contribution in [1.29, 1.82) is 0 Å². The van der Waals surface area contributed by atoms with E-state index in [0.717, 1.165) is 57.0 Å². The van der Waals surface area contributed by atoms with Gasteiger partial charge in [0, 0.05) is 32.3 Å². The molecule has 0 spiro atoms. The molecule has 4 heteroatoms. The third kappa shape index (κ3) is 3.83. The molecule has 0 radical (unpaired) electrons. The minimum absolute atomic E-state index is 0.0288. The zero-order valence-electron chi connectivity index (χ0n) is 28.4. The van der Waals surface area contributed by atoms with Crippen LogP contribution in [-0.4, -0.2) is 19.4 Å². The van der Waals surface area contributed by atoms with Gasteiger partial charge in [-0.25, -0.2) is 9.97 Å². The Bertz CT molecular complexity index is 2910. The maximum atomic E-state index is 5.50. The van der Waals surface area contributed by atoms with Crippen LogP contribution in [0.3, 0.4) is 0 Å². The predicted octanol–water partition coefficient (Wildman–Crippen LogP) is 11.4. The van der Waals surface area contributed by atoms with Crippen LogP contribution in [0.15, 0.2) is 91.0 Å². The van der Waals surface area contributed by atoms with Crippen molar-refractivity contribution in [1.82, 2.24) is 19.4 Å². The number of para-hydroxylation sites is 1. The van der Waals surface area contributed by atoms with Gasteiger partial charge in [0.05, 0.1) is 38.6 Å². The van der Waals surface area contributed by atoms with Crippen LogP contribution in [0.4, 0.5) is 0 Å². The Labute approximate surface area is 279 Å². The summed E-state index contributed by atoms with van der Waals surface area (Å²) in [6.45, 7) is 13.9. The predicted molar refractivity (Wildman–Crippen MR) is 204 cm³/mol. The van der Waals surface area contributed by atoms with Crippen molar-refractivity contribution in [3.63, 3.8) is 0 Å². The van der Waals surface area contributed by atoms with E-state index < -0.39 is 0 Å². The van der Waals surface area contributed by atoms with Crippen molar-refractivity contribution in [2.75, 3.05) is 0 Å². The largest absolute Gasteiger partial charge is 0.353 e. The number of aromatic nitrogens is 4. The molecule has 1 N–H and O–H groups in total. The number of H-pyrrole nitrogens is 1. The Hall–Kier alpha value is -5.22. The lowest BCUT2D eigenvalue weighted by Crippen LogP contribution is -2.11. The second-order valence-electron chi connectivity index (χ2n) is 16.0. The molecule has 1 aliphatic carbocycles. The van der Waals surface area contributed by atoms with Gasteiger partial charge >= 0.3 is 0 Å². The summed E-state index contributed by atoms with van der Waals surface area (Å²) in [5.41, 5.74) is 13.7. The van der Waals surface area contributed by atoms with Crippen molar-refractivity contribution in [3.8, 4) is 0 Å². The first-order chi connectivity index (χ1) is 23.0. The minimum Gasteiger partial charge on any atom is -0.353 e. The molecule has 4 nitrogen and oxygen atoms in total. The van der Waals surface area contributed by atoms with Gasteiger partial charge in [-0.15, -0.1) is 0 Å². The van der Waals surface area contributed by atoms with Crippen LogP contribution < -0.4 is 0 Å². The lowest BCUT2D eigenvalue weighted by molar-refractivity contribution is 0.591. The number of pyridine rings is 2. The Morgan fingerprint density at radius 2 is 1.15 bits per heavy atom. The number of fused-ring (bicyclic) bond motifs is 10. The molecule has 0 saturated carbocycles. The summed E-state index contributed by atoms with van der Waals surface area (Å²) in [5.74, 6) is 0. The molecular weight excluding hydrogens is 585 g/mol. The molecule has 1 aliphatic rings. The van der Waals surface area contributed by atoms with Gasteiger partial charge in [-0.3, -0.25) is 4.40 Å². The van der Waals surface area contributed by atoms with Crippen LogP contribution in [-0.2, 0) is 23.7 Å². The third-order valence-corrected chi connectivity index (χ3v) is 10.9.